The van der Waals surface area contributed by atoms with E-state index < -0.39 is 17.6 Å². The number of nitrogens with one attached hydrogen (secondary N) is 2. The van der Waals surface area contributed by atoms with E-state index >= 15 is 0 Å². The molecule has 0 aliphatic rings. The normalized spacial score (nSPS) is 10.8. The maximum atomic E-state index is 11.9. The van der Waals surface area contributed by atoms with Crippen LogP contribution in [0.1, 0.15) is 31.4 Å². The first kappa shape index (κ1) is 19.0. The zero-order valence-corrected chi connectivity index (χ0v) is 15.0. The highest BCUT2D eigenvalue weighted by atomic mass is 16.6. The Labute approximate surface area is 150 Å². The average molecular weight is 359 g/mol. The van der Waals surface area contributed by atoms with Crippen LogP contribution in [0.5, 0.6) is 5.75 Å². The Morgan fingerprint density at radius 3 is 2.38 bits per heavy atom. The van der Waals surface area contributed by atoms with Gasteiger partial charge in [0.2, 0.25) is 5.82 Å². The summed E-state index contributed by atoms with van der Waals surface area (Å²) < 4.78 is 10.4. The molecule has 0 unspecified atom stereocenters. The van der Waals surface area contributed by atoms with Crippen molar-refractivity contribution in [2.24, 2.45) is 5.73 Å². The second-order valence-corrected chi connectivity index (χ2v) is 6.28. The summed E-state index contributed by atoms with van der Waals surface area (Å²) in [4.78, 5) is 31.4. The summed E-state index contributed by atoms with van der Waals surface area (Å²) in [6.07, 6.45) is -0.713. The molecular weight excluding hydrogens is 338 g/mol. The molecule has 1 aromatic carbocycles. The van der Waals surface area contributed by atoms with Crippen molar-refractivity contribution in [1.82, 2.24) is 9.97 Å². The lowest BCUT2D eigenvalue weighted by molar-refractivity contribution is 0.0635. The third kappa shape index (κ3) is 5.33. The molecule has 0 fully saturated rings. The van der Waals surface area contributed by atoms with Gasteiger partial charge in [0.1, 0.15) is 23.0 Å². The Bertz CT molecular complexity index is 817. The van der Waals surface area contributed by atoms with Gasteiger partial charge in [-0.25, -0.2) is 14.8 Å². The molecule has 0 bridgehead atoms. The Balaban J connectivity index is 2.30. The van der Waals surface area contributed by atoms with E-state index in [2.05, 4.69) is 20.6 Å². The van der Waals surface area contributed by atoms with Crippen molar-refractivity contribution in [1.29, 1.82) is 0 Å². The van der Waals surface area contributed by atoms with Gasteiger partial charge in [-0.15, -0.1) is 0 Å². The molecule has 0 saturated heterocycles. The standard InChI is InChI=1S/C17H21N5O4/c1-17(2,3)26-16(24)22-13-9-12(20-15(21-13)14(18)23)19-10-7-5-6-8-11(10)25-4/h5-9H,1-4H3,(H2,18,23)(H2,19,20,21,22,24). The van der Waals surface area contributed by atoms with Gasteiger partial charge in [-0.3, -0.25) is 10.1 Å². The number of ether oxygens (including phenoxy) is 2. The van der Waals surface area contributed by atoms with Crippen molar-refractivity contribution in [3.63, 3.8) is 0 Å². The molecule has 1 heterocycles. The van der Waals surface area contributed by atoms with E-state index in [1.807, 2.05) is 6.07 Å². The van der Waals surface area contributed by atoms with Gasteiger partial charge in [-0.05, 0) is 32.9 Å². The van der Waals surface area contributed by atoms with Crippen LogP contribution in [0, 0.1) is 0 Å². The number of carbonyl (C=O) groups excluding carboxylic acids is 2. The van der Waals surface area contributed by atoms with E-state index in [0.717, 1.165) is 0 Å². The van der Waals surface area contributed by atoms with E-state index in [1.54, 1.807) is 39.0 Å². The minimum atomic E-state index is -0.832. The Morgan fingerprint density at radius 1 is 1.12 bits per heavy atom. The SMILES string of the molecule is COc1ccccc1Nc1cc(NC(=O)OC(C)(C)C)nc(C(N)=O)n1. The number of rotatable bonds is 5. The maximum absolute atomic E-state index is 11.9. The third-order valence-corrected chi connectivity index (χ3v) is 2.95. The van der Waals surface area contributed by atoms with Crippen molar-refractivity contribution in [3.8, 4) is 5.75 Å². The molecule has 2 aromatic rings. The highest BCUT2D eigenvalue weighted by molar-refractivity contribution is 5.91. The molecule has 4 N–H and O–H groups in total. The number of nitrogens with zero attached hydrogens (tertiary/aromatic N) is 2. The van der Waals surface area contributed by atoms with Gasteiger partial charge >= 0.3 is 6.09 Å². The Hall–Kier alpha value is -3.36. The predicted octanol–water partition coefficient (Wildman–Crippen LogP) is 2.67. The average Bonchev–Trinajstić information content (AvgIpc) is 2.53. The fraction of sp³-hybridized carbons (Fsp3) is 0.294. The van der Waals surface area contributed by atoms with Crippen molar-refractivity contribution in [2.45, 2.75) is 26.4 Å². The molecule has 9 nitrogen and oxygen atoms in total. The van der Waals surface area contributed by atoms with Gasteiger partial charge in [-0.1, -0.05) is 12.1 Å². The van der Waals surface area contributed by atoms with Gasteiger partial charge in [0.25, 0.3) is 5.91 Å². The predicted molar refractivity (Wildman–Crippen MR) is 96.7 cm³/mol. The zero-order chi connectivity index (χ0) is 19.3. The number of hydrogen-bond acceptors (Lipinski definition) is 7. The third-order valence-electron chi connectivity index (χ3n) is 2.95. The van der Waals surface area contributed by atoms with Crippen molar-refractivity contribution >= 4 is 29.3 Å². The van der Waals surface area contributed by atoms with E-state index in [9.17, 15) is 9.59 Å². The van der Waals surface area contributed by atoms with E-state index in [4.69, 9.17) is 15.2 Å². The van der Waals surface area contributed by atoms with Crippen molar-refractivity contribution in [2.75, 3.05) is 17.7 Å². The molecule has 26 heavy (non-hydrogen) atoms. The van der Waals surface area contributed by atoms with E-state index in [0.29, 0.717) is 11.4 Å². The highest BCUT2D eigenvalue weighted by Crippen LogP contribution is 2.27. The van der Waals surface area contributed by atoms with Crippen LogP contribution in [-0.2, 0) is 4.74 Å². The molecule has 0 saturated carbocycles. The minimum Gasteiger partial charge on any atom is -0.495 e. The first-order valence-electron chi connectivity index (χ1n) is 7.77. The molecule has 0 aliphatic carbocycles. The lowest BCUT2D eigenvalue weighted by atomic mass is 10.2. The van der Waals surface area contributed by atoms with Gasteiger partial charge in [0.05, 0.1) is 12.8 Å². The molecule has 138 valence electrons. The number of benzene rings is 1. The van der Waals surface area contributed by atoms with Crippen LogP contribution in [0.15, 0.2) is 30.3 Å². The lowest BCUT2D eigenvalue weighted by Crippen LogP contribution is -2.28. The molecule has 0 radical (unpaired) electrons. The fourth-order valence-corrected chi connectivity index (χ4v) is 1.98. The molecule has 0 atom stereocenters. The monoisotopic (exact) mass is 359 g/mol. The number of aromatic nitrogens is 2. The summed E-state index contributed by atoms with van der Waals surface area (Å²) in [6, 6.07) is 8.60. The summed E-state index contributed by atoms with van der Waals surface area (Å²) in [5, 5.41) is 5.46. The van der Waals surface area contributed by atoms with Gasteiger partial charge in [0.15, 0.2) is 0 Å². The number of amides is 2. The quantitative estimate of drug-likeness (QED) is 0.748. The second-order valence-electron chi connectivity index (χ2n) is 6.28. The number of anilines is 3. The Kier molecular flexibility index (Phi) is 5.61. The van der Waals surface area contributed by atoms with Crippen LogP contribution in [0.4, 0.5) is 22.1 Å². The van der Waals surface area contributed by atoms with Gasteiger partial charge < -0.3 is 20.5 Å². The maximum Gasteiger partial charge on any atom is 0.413 e. The van der Waals surface area contributed by atoms with E-state index in [-0.39, 0.29) is 17.5 Å². The zero-order valence-electron chi connectivity index (χ0n) is 15.0. The van der Waals surface area contributed by atoms with E-state index in [1.165, 1.54) is 13.2 Å². The van der Waals surface area contributed by atoms with Crippen LogP contribution in [0.2, 0.25) is 0 Å². The molecule has 1 aromatic heterocycles. The lowest BCUT2D eigenvalue weighted by Gasteiger charge is -2.19. The summed E-state index contributed by atoms with van der Waals surface area (Å²) in [5.74, 6) is -0.185. The second kappa shape index (κ2) is 7.68. The largest absolute Gasteiger partial charge is 0.495 e. The first-order valence-corrected chi connectivity index (χ1v) is 7.77. The number of nitrogens with two attached hydrogens (primary N) is 1. The molecule has 2 rings (SSSR count). The molecule has 0 aliphatic heterocycles. The summed E-state index contributed by atoms with van der Waals surface area (Å²) >= 11 is 0. The summed E-state index contributed by atoms with van der Waals surface area (Å²) in [5.41, 5.74) is 5.21. The van der Waals surface area contributed by atoms with Gasteiger partial charge in [0, 0.05) is 6.07 Å². The number of methoxy groups -OCH3 is 1. The fourth-order valence-electron chi connectivity index (χ4n) is 1.98. The number of carbonyl (C=O) groups is 2. The molecule has 2 amide bonds. The number of para-hydroxylation sites is 2. The van der Waals surface area contributed by atoms with Crippen LogP contribution >= 0.6 is 0 Å². The van der Waals surface area contributed by atoms with Crippen LogP contribution in [0.25, 0.3) is 0 Å². The Morgan fingerprint density at radius 2 is 1.77 bits per heavy atom. The first-order chi connectivity index (χ1) is 12.2. The minimum absolute atomic E-state index is 0.0699. The molecular formula is C17H21N5O4. The summed E-state index contributed by atoms with van der Waals surface area (Å²) in [6.45, 7) is 5.20. The highest BCUT2D eigenvalue weighted by Gasteiger charge is 2.18. The smallest absolute Gasteiger partial charge is 0.413 e. The van der Waals surface area contributed by atoms with Gasteiger partial charge in [-0.2, -0.15) is 0 Å². The molecule has 0 spiro atoms. The van der Waals surface area contributed by atoms with Crippen molar-refractivity contribution in [3.05, 3.63) is 36.2 Å². The van der Waals surface area contributed by atoms with Crippen molar-refractivity contribution < 1.29 is 19.1 Å². The topological polar surface area (TPSA) is 128 Å². The molecule has 9 heteroatoms. The van der Waals surface area contributed by atoms with Crippen LogP contribution in [0.3, 0.4) is 0 Å². The number of hydrogen-bond donors (Lipinski definition) is 3. The number of primary amides is 1. The van der Waals surface area contributed by atoms with Crippen LogP contribution < -0.4 is 21.1 Å². The summed E-state index contributed by atoms with van der Waals surface area (Å²) in [7, 11) is 1.53. The van der Waals surface area contributed by atoms with Crippen LogP contribution in [-0.4, -0.2) is 34.7 Å².